The number of carbonyl (C=O) groups excluding carboxylic acids is 1. The molecule has 1 N–H and O–H groups in total. The number of hydrogen-bond donors (Lipinski definition) is 1. The van der Waals surface area contributed by atoms with E-state index in [4.69, 9.17) is 4.74 Å². The monoisotopic (exact) mass is 272 g/mol. The molecule has 6 heteroatoms. The minimum atomic E-state index is -0.649. The third kappa shape index (κ3) is 3.55. The van der Waals surface area contributed by atoms with Gasteiger partial charge in [0, 0.05) is 17.8 Å². The lowest BCUT2D eigenvalue weighted by Gasteiger charge is -2.06. The molecule has 0 atom stereocenters. The first kappa shape index (κ1) is 13.5. The molecule has 0 unspecified atom stereocenters. The van der Waals surface area contributed by atoms with Crippen molar-refractivity contribution in [2.24, 2.45) is 0 Å². The van der Waals surface area contributed by atoms with Gasteiger partial charge in [-0.2, -0.15) is 0 Å². The summed E-state index contributed by atoms with van der Waals surface area (Å²) in [4.78, 5) is 21.6. The minimum Gasteiger partial charge on any atom is -0.410 e. The van der Waals surface area contributed by atoms with E-state index in [1.54, 1.807) is 18.2 Å². The number of non-ortho nitro benzene ring substituents is 1. The van der Waals surface area contributed by atoms with Crippen molar-refractivity contribution in [1.82, 2.24) is 0 Å². The zero-order valence-electron chi connectivity index (χ0n) is 10.7. The summed E-state index contributed by atoms with van der Waals surface area (Å²) in [5.74, 6) is 0.435. The van der Waals surface area contributed by atoms with Crippen LogP contribution in [0.2, 0.25) is 0 Å². The van der Waals surface area contributed by atoms with Crippen molar-refractivity contribution in [1.29, 1.82) is 0 Å². The number of hydrogen-bond acceptors (Lipinski definition) is 4. The van der Waals surface area contributed by atoms with Crippen LogP contribution in [0.4, 0.5) is 16.2 Å². The third-order valence-electron chi connectivity index (χ3n) is 2.52. The number of nitrogens with zero attached hydrogens (tertiary/aromatic N) is 1. The highest BCUT2D eigenvalue weighted by atomic mass is 16.6. The van der Waals surface area contributed by atoms with Crippen LogP contribution in [0.3, 0.4) is 0 Å². The van der Waals surface area contributed by atoms with Gasteiger partial charge in [-0.25, -0.2) is 4.79 Å². The van der Waals surface area contributed by atoms with Crippen molar-refractivity contribution >= 4 is 17.5 Å². The van der Waals surface area contributed by atoms with Crippen LogP contribution in [-0.4, -0.2) is 11.0 Å². The number of amides is 1. The highest BCUT2D eigenvalue weighted by Gasteiger charge is 2.08. The van der Waals surface area contributed by atoms with Gasteiger partial charge in [-0.15, -0.1) is 0 Å². The number of benzene rings is 2. The molecule has 0 aliphatic rings. The maximum Gasteiger partial charge on any atom is 0.417 e. The smallest absolute Gasteiger partial charge is 0.410 e. The molecule has 2 aromatic rings. The predicted molar refractivity (Wildman–Crippen MR) is 73.9 cm³/mol. The first-order valence-corrected chi connectivity index (χ1v) is 5.84. The van der Waals surface area contributed by atoms with E-state index >= 15 is 0 Å². The molecule has 2 aromatic carbocycles. The highest BCUT2D eigenvalue weighted by molar-refractivity contribution is 5.86. The topological polar surface area (TPSA) is 81.5 Å². The summed E-state index contributed by atoms with van der Waals surface area (Å²) >= 11 is 0. The van der Waals surface area contributed by atoms with Crippen molar-refractivity contribution in [2.75, 3.05) is 5.32 Å². The fraction of sp³-hybridized carbons (Fsp3) is 0.0714. The number of nitro benzene ring substituents is 1. The van der Waals surface area contributed by atoms with Gasteiger partial charge in [0.05, 0.1) is 4.92 Å². The predicted octanol–water partition coefficient (Wildman–Crippen LogP) is 3.51. The van der Waals surface area contributed by atoms with Crippen molar-refractivity contribution in [3.8, 4) is 5.75 Å². The molecule has 0 heterocycles. The van der Waals surface area contributed by atoms with Gasteiger partial charge < -0.3 is 4.74 Å². The van der Waals surface area contributed by atoms with Gasteiger partial charge in [0.15, 0.2) is 0 Å². The Balaban J connectivity index is 1.99. The van der Waals surface area contributed by atoms with E-state index in [-0.39, 0.29) is 5.69 Å². The van der Waals surface area contributed by atoms with Crippen LogP contribution in [-0.2, 0) is 0 Å². The maximum atomic E-state index is 11.6. The van der Waals surface area contributed by atoms with E-state index in [0.717, 1.165) is 5.56 Å². The first-order chi connectivity index (χ1) is 9.54. The minimum absolute atomic E-state index is 0.0393. The number of carbonyl (C=O) groups is 1. The molecule has 2 rings (SSSR count). The SMILES string of the molecule is Cc1cccc(OC(=O)Nc2ccc([N+](=O)[O-])cc2)c1. The second-order valence-electron chi connectivity index (χ2n) is 4.14. The van der Waals surface area contributed by atoms with E-state index in [9.17, 15) is 14.9 Å². The zero-order chi connectivity index (χ0) is 14.5. The number of nitrogens with one attached hydrogen (secondary N) is 1. The van der Waals surface area contributed by atoms with Crippen LogP contribution in [0.1, 0.15) is 5.56 Å². The molecule has 0 radical (unpaired) electrons. The Bertz CT molecular complexity index is 638. The fourth-order valence-electron chi connectivity index (χ4n) is 1.60. The normalized spacial score (nSPS) is 9.85. The van der Waals surface area contributed by atoms with Crippen LogP contribution < -0.4 is 10.1 Å². The molecule has 102 valence electrons. The van der Waals surface area contributed by atoms with Crippen LogP contribution >= 0.6 is 0 Å². The van der Waals surface area contributed by atoms with Crippen molar-refractivity contribution in [3.63, 3.8) is 0 Å². The Morgan fingerprint density at radius 2 is 1.90 bits per heavy atom. The van der Waals surface area contributed by atoms with E-state index in [1.807, 2.05) is 13.0 Å². The molecule has 0 saturated carbocycles. The standard InChI is InChI=1S/C14H12N2O4/c1-10-3-2-4-13(9-10)20-14(17)15-11-5-7-12(8-6-11)16(18)19/h2-9H,1H3,(H,15,17). The lowest BCUT2D eigenvalue weighted by molar-refractivity contribution is -0.384. The highest BCUT2D eigenvalue weighted by Crippen LogP contribution is 2.17. The molecule has 1 amide bonds. The number of aryl methyl sites for hydroxylation is 1. The average molecular weight is 272 g/mol. The Kier molecular flexibility index (Phi) is 3.95. The van der Waals surface area contributed by atoms with E-state index < -0.39 is 11.0 Å². The van der Waals surface area contributed by atoms with Crippen LogP contribution in [0.5, 0.6) is 5.75 Å². The molecule has 0 aromatic heterocycles. The molecular formula is C14H12N2O4. The molecule has 0 fully saturated rings. The fourth-order valence-corrected chi connectivity index (χ4v) is 1.60. The summed E-state index contributed by atoms with van der Waals surface area (Å²) in [6, 6.07) is 12.6. The van der Waals surface area contributed by atoms with Crippen LogP contribution in [0.15, 0.2) is 48.5 Å². The first-order valence-electron chi connectivity index (χ1n) is 5.84. The van der Waals surface area contributed by atoms with E-state index in [2.05, 4.69) is 5.32 Å². The molecule has 20 heavy (non-hydrogen) atoms. The zero-order valence-corrected chi connectivity index (χ0v) is 10.7. The molecule has 0 aliphatic carbocycles. The summed E-state index contributed by atoms with van der Waals surface area (Å²) in [5.41, 5.74) is 1.36. The molecule has 0 aliphatic heterocycles. The Morgan fingerprint density at radius 3 is 2.50 bits per heavy atom. The second kappa shape index (κ2) is 5.83. The summed E-state index contributed by atoms with van der Waals surface area (Å²) in [6.07, 6.45) is -0.649. The van der Waals surface area contributed by atoms with Crippen molar-refractivity contribution < 1.29 is 14.5 Å². The van der Waals surface area contributed by atoms with Gasteiger partial charge >= 0.3 is 6.09 Å². The maximum absolute atomic E-state index is 11.6. The largest absolute Gasteiger partial charge is 0.417 e. The number of ether oxygens (including phenoxy) is 1. The van der Waals surface area contributed by atoms with Crippen LogP contribution in [0, 0.1) is 17.0 Å². The van der Waals surface area contributed by atoms with E-state index in [1.165, 1.54) is 24.3 Å². The lowest BCUT2D eigenvalue weighted by atomic mass is 10.2. The molecule has 0 spiro atoms. The average Bonchev–Trinajstić information content (AvgIpc) is 2.39. The summed E-state index contributed by atoms with van der Waals surface area (Å²) < 4.78 is 5.09. The third-order valence-corrected chi connectivity index (χ3v) is 2.52. The van der Waals surface area contributed by atoms with Gasteiger partial charge in [0.25, 0.3) is 5.69 Å². The Morgan fingerprint density at radius 1 is 1.20 bits per heavy atom. The Hall–Kier alpha value is -2.89. The van der Waals surface area contributed by atoms with Crippen molar-refractivity contribution in [3.05, 3.63) is 64.2 Å². The number of nitro groups is 1. The lowest BCUT2D eigenvalue weighted by Crippen LogP contribution is -2.16. The van der Waals surface area contributed by atoms with Gasteiger partial charge in [-0.05, 0) is 36.8 Å². The van der Waals surface area contributed by atoms with Gasteiger partial charge in [-0.1, -0.05) is 12.1 Å². The molecule has 0 bridgehead atoms. The number of anilines is 1. The van der Waals surface area contributed by atoms with E-state index in [0.29, 0.717) is 11.4 Å². The van der Waals surface area contributed by atoms with Crippen molar-refractivity contribution in [2.45, 2.75) is 6.92 Å². The summed E-state index contributed by atoms with van der Waals surface area (Å²) in [7, 11) is 0. The van der Waals surface area contributed by atoms with Gasteiger partial charge in [-0.3, -0.25) is 15.4 Å². The molecule has 6 nitrogen and oxygen atoms in total. The van der Waals surface area contributed by atoms with Crippen LogP contribution in [0.25, 0.3) is 0 Å². The Labute approximate surface area is 115 Å². The summed E-state index contributed by atoms with van der Waals surface area (Å²) in [5, 5.41) is 13.0. The van der Waals surface area contributed by atoms with Gasteiger partial charge in [0.1, 0.15) is 5.75 Å². The number of rotatable bonds is 3. The molecular weight excluding hydrogens is 260 g/mol. The molecule has 0 saturated heterocycles. The van der Waals surface area contributed by atoms with Gasteiger partial charge in [0.2, 0.25) is 0 Å². The summed E-state index contributed by atoms with van der Waals surface area (Å²) in [6.45, 7) is 1.89. The quantitative estimate of drug-likeness (QED) is 0.684. The second-order valence-corrected chi connectivity index (χ2v) is 4.14.